The van der Waals surface area contributed by atoms with Gasteiger partial charge in [-0.1, -0.05) is 13.8 Å². The van der Waals surface area contributed by atoms with Crippen molar-refractivity contribution < 1.29 is 4.79 Å². The van der Waals surface area contributed by atoms with Crippen LogP contribution in [0.4, 0.5) is 0 Å². The smallest absolute Gasteiger partial charge is 0.269 e. The van der Waals surface area contributed by atoms with Gasteiger partial charge in [0.1, 0.15) is 5.69 Å². The first-order chi connectivity index (χ1) is 9.11. The van der Waals surface area contributed by atoms with Crippen molar-refractivity contribution in [3.8, 4) is 0 Å². The highest BCUT2D eigenvalue weighted by atomic mass is 35.5. The normalized spacial score (nSPS) is 18.7. The molecule has 0 aromatic carbocycles. The van der Waals surface area contributed by atoms with E-state index in [1.165, 1.54) is 0 Å². The number of nitrogens with zero attached hydrogens (tertiary/aromatic N) is 2. The zero-order chi connectivity index (χ0) is 13.8. The van der Waals surface area contributed by atoms with Gasteiger partial charge in [0, 0.05) is 19.1 Å². The summed E-state index contributed by atoms with van der Waals surface area (Å²) in [5.41, 5.74) is 1.66. The molecule has 1 aliphatic rings. The number of hydrogen-bond donors (Lipinski definition) is 2. The molecule has 2 rings (SSSR count). The second-order valence-electron chi connectivity index (χ2n) is 5.44. The Balaban J connectivity index is 0.00000200. The van der Waals surface area contributed by atoms with Crippen molar-refractivity contribution in [1.82, 2.24) is 20.4 Å². The summed E-state index contributed by atoms with van der Waals surface area (Å²) in [6, 6.07) is 2.16. The average Bonchev–Trinajstić information content (AvgIpc) is 2.84. The lowest BCUT2D eigenvalue weighted by atomic mass is 10.1. The van der Waals surface area contributed by atoms with E-state index in [-0.39, 0.29) is 24.4 Å². The Morgan fingerprint density at radius 1 is 1.60 bits per heavy atom. The molecule has 1 saturated heterocycles. The summed E-state index contributed by atoms with van der Waals surface area (Å²) in [6.07, 6.45) is 2.17. The number of piperidine rings is 1. The minimum atomic E-state index is -0.00468. The zero-order valence-electron chi connectivity index (χ0n) is 12.5. The van der Waals surface area contributed by atoms with Crippen molar-refractivity contribution in [1.29, 1.82) is 0 Å². The molecule has 0 radical (unpaired) electrons. The van der Waals surface area contributed by atoms with Crippen LogP contribution in [0.15, 0.2) is 6.07 Å². The average molecular weight is 301 g/mol. The first-order valence-corrected chi connectivity index (χ1v) is 7.21. The Kier molecular flexibility index (Phi) is 6.49. The van der Waals surface area contributed by atoms with Crippen LogP contribution in [0.1, 0.15) is 55.7 Å². The predicted molar refractivity (Wildman–Crippen MR) is 82.6 cm³/mol. The fourth-order valence-corrected chi connectivity index (χ4v) is 2.38. The van der Waals surface area contributed by atoms with E-state index < -0.39 is 0 Å². The summed E-state index contributed by atoms with van der Waals surface area (Å²) in [5, 5.41) is 10.9. The Bertz CT molecular complexity index is 438. The molecule has 20 heavy (non-hydrogen) atoms. The molecule has 0 aliphatic carbocycles. The van der Waals surface area contributed by atoms with Gasteiger partial charge in [-0.2, -0.15) is 5.10 Å². The van der Waals surface area contributed by atoms with Gasteiger partial charge in [0.2, 0.25) is 0 Å². The molecule has 6 heteroatoms. The Morgan fingerprint density at radius 2 is 2.35 bits per heavy atom. The molecule has 114 valence electrons. The maximum atomic E-state index is 12.3. The summed E-state index contributed by atoms with van der Waals surface area (Å²) in [4.78, 5) is 12.3. The minimum Gasteiger partial charge on any atom is -0.347 e. The summed E-state index contributed by atoms with van der Waals surface area (Å²) in [6.45, 7) is 8.83. The Hall–Kier alpha value is -1.07. The van der Waals surface area contributed by atoms with Crippen LogP contribution in [0.2, 0.25) is 0 Å². The molecule has 0 saturated carbocycles. The predicted octanol–water partition coefficient (Wildman–Crippen LogP) is 1.93. The van der Waals surface area contributed by atoms with Gasteiger partial charge in [-0.25, -0.2) is 0 Å². The number of amides is 1. The van der Waals surface area contributed by atoms with Gasteiger partial charge < -0.3 is 10.6 Å². The first kappa shape index (κ1) is 17.0. The van der Waals surface area contributed by atoms with E-state index in [9.17, 15) is 4.79 Å². The molecule has 1 aromatic heterocycles. The molecule has 0 unspecified atom stereocenters. The van der Waals surface area contributed by atoms with Gasteiger partial charge in [-0.05, 0) is 38.3 Å². The standard InChI is InChI=1S/C14H24N4O.ClH/c1-4-18-13(8-12(17-18)10(2)3)14(19)16-11-6-5-7-15-9-11;/h8,10-11,15H,4-7,9H2,1-3H3,(H,16,19);1H/t11-;/m0./s1. The topological polar surface area (TPSA) is 59.0 Å². The third-order valence-electron chi connectivity index (χ3n) is 3.55. The molecule has 0 bridgehead atoms. The molecule has 1 fully saturated rings. The third kappa shape index (κ3) is 3.96. The number of aromatic nitrogens is 2. The van der Waals surface area contributed by atoms with E-state index in [0.717, 1.165) is 38.2 Å². The highest BCUT2D eigenvalue weighted by molar-refractivity contribution is 5.93. The number of carbonyl (C=O) groups is 1. The fraction of sp³-hybridized carbons (Fsp3) is 0.714. The van der Waals surface area contributed by atoms with Crippen LogP contribution in [0.25, 0.3) is 0 Å². The van der Waals surface area contributed by atoms with Crippen LogP contribution in [-0.2, 0) is 6.54 Å². The third-order valence-corrected chi connectivity index (χ3v) is 3.55. The van der Waals surface area contributed by atoms with Gasteiger partial charge >= 0.3 is 0 Å². The van der Waals surface area contributed by atoms with E-state index in [1.807, 2.05) is 13.0 Å². The maximum Gasteiger partial charge on any atom is 0.269 e. The highest BCUT2D eigenvalue weighted by Gasteiger charge is 2.20. The maximum absolute atomic E-state index is 12.3. The summed E-state index contributed by atoms with van der Waals surface area (Å²) in [7, 11) is 0. The van der Waals surface area contributed by atoms with E-state index in [1.54, 1.807) is 4.68 Å². The van der Waals surface area contributed by atoms with Gasteiger partial charge in [-0.3, -0.25) is 9.48 Å². The van der Waals surface area contributed by atoms with Crippen LogP contribution in [0.3, 0.4) is 0 Å². The van der Waals surface area contributed by atoms with Crippen molar-refractivity contribution in [2.24, 2.45) is 0 Å². The lowest BCUT2D eigenvalue weighted by molar-refractivity contribution is 0.0920. The summed E-state index contributed by atoms with van der Waals surface area (Å²) >= 11 is 0. The molecule has 0 spiro atoms. The zero-order valence-corrected chi connectivity index (χ0v) is 13.3. The fourth-order valence-electron chi connectivity index (χ4n) is 2.38. The van der Waals surface area contributed by atoms with Crippen molar-refractivity contribution in [2.45, 2.75) is 52.1 Å². The van der Waals surface area contributed by atoms with Crippen LogP contribution >= 0.6 is 12.4 Å². The van der Waals surface area contributed by atoms with Crippen molar-refractivity contribution in [3.63, 3.8) is 0 Å². The second-order valence-corrected chi connectivity index (χ2v) is 5.44. The van der Waals surface area contributed by atoms with E-state index in [4.69, 9.17) is 0 Å². The quantitative estimate of drug-likeness (QED) is 0.893. The van der Waals surface area contributed by atoms with E-state index >= 15 is 0 Å². The minimum absolute atomic E-state index is 0. The molecule has 2 N–H and O–H groups in total. The molecule has 1 amide bonds. The molecule has 5 nitrogen and oxygen atoms in total. The lowest BCUT2D eigenvalue weighted by Gasteiger charge is -2.23. The van der Waals surface area contributed by atoms with Gasteiger partial charge in [-0.15, -0.1) is 12.4 Å². The van der Waals surface area contributed by atoms with Gasteiger partial charge in [0.25, 0.3) is 5.91 Å². The number of aryl methyl sites for hydroxylation is 1. The SMILES string of the molecule is CCn1nc(C(C)C)cc1C(=O)N[C@H]1CCCNC1.Cl. The van der Waals surface area contributed by atoms with Crippen LogP contribution in [0, 0.1) is 0 Å². The molecule has 1 atom stereocenters. The van der Waals surface area contributed by atoms with Crippen molar-refractivity contribution >= 4 is 18.3 Å². The number of nitrogens with one attached hydrogen (secondary N) is 2. The molecule has 2 heterocycles. The van der Waals surface area contributed by atoms with Crippen molar-refractivity contribution in [2.75, 3.05) is 13.1 Å². The Morgan fingerprint density at radius 3 is 2.90 bits per heavy atom. The number of rotatable bonds is 4. The molecule has 1 aromatic rings. The highest BCUT2D eigenvalue weighted by Crippen LogP contribution is 2.15. The monoisotopic (exact) mass is 300 g/mol. The Labute approximate surface area is 126 Å². The molecular formula is C14H25ClN4O. The second kappa shape index (κ2) is 7.64. The van der Waals surface area contributed by atoms with Gasteiger partial charge in [0.05, 0.1) is 5.69 Å². The molecule has 1 aliphatic heterocycles. The number of carbonyl (C=O) groups excluding carboxylic acids is 1. The number of hydrogen-bond acceptors (Lipinski definition) is 3. The lowest BCUT2D eigenvalue weighted by Crippen LogP contribution is -2.46. The van der Waals surface area contributed by atoms with E-state index in [2.05, 4.69) is 29.6 Å². The van der Waals surface area contributed by atoms with Gasteiger partial charge in [0.15, 0.2) is 0 Å². The summed E-state index contributed by atoms with van der Waals surface area (Å²) in [5.74, 6) is 0.339. The number of halogens is 1. The molecular weight excluding hydrogens is 276 g/mol. The van der Waals surface area contributed by atoms with Crippen molar-refractivity contribution in [3.05, 3.63) is 17.5 Å². The van der Waals surface area contributed by atoms with Crippen LogP contribution in [-0.4, -0.2) is 34.8 Å². The van der Waals surface area contributed by atoms with Crippen LogP contribution < -0.4 is 10.6 Å². The summed E-state index contributed by atoms with van der Waals surface area (Å²) < 4.78 is 1.79. The van der Waals surface area contributed by atoms with E-state index in [0.29, 0.717) is 11.6 Å². The first-order valence-electron chi connectivity index (χ1n) is 7.21. The van der Waals surface area contributed by atoms with Crippen LogP contribution in [0.5, 0.6) is 0 Å². The largest absolute Gasteiger partial charge is 0.347 e.